The zero-order valence-electron chi connectivity index (χ0n) is 8.42. The fourth-order valence-corrected chi connectivity index (χ4v) is 1.63. The molecule has 0 bridgehead atoms. The van der Waals surface area contributed by atoms with Gasteiger partial charge in [0.15, 0.2) is 0 Å². The van der Waals surface area contributed by atoms with Crippen molar-refractivity contribution in [3.63, 3.8) is 0 Å². The van der Waals surface area contributed by atoms with Crippen LogP contribution in [0.1, 0.15) is 12.8 Å². The number of carbonyl (C=O) groups excluding carboxylic acids is 1. The maximum Gasteiger partial charge on any atom is 0.404 e. The lowest BCUT2D eigenvalue weighted by atomic mass is 10.00. The summed E-state index contributed by atoms with van der Waals surface area (Å²) in [6, 6.07) is 0. The van der Waals surface area contributed by atoms with Crippen LogP contribution >= 0.6 is 0 Å². The average molecular weight is 201 g/mol. The highest BCUT2D eigenvalue weighted by Crippen LogP contribution is 2.07. The van der Waals surface area contributed by atoms with Crippen molar-refractivity contribution >= 4 is 6.09 Å². The van der Waals surface area contributed by atoms with Crippen LogP contribution in [0.5, 0.6) is 0 Å². The van der Waals surface area contributed by atoms with Crippen molar-refractivity contribution < 1.29 is 9.53 Å². The Hall–Kier alpha value is -0.810. The van der Waals surface area contributed by atoms with Crippen molar-refractivity contribution in [3.8, 4) is 0 Å². The Labute approximate surface area is 84.4 Å². The molecule has 1 saturated heterocycles. The van der Waals surface area contributed by atoms with Gasteiger partial charge in [0.05, 0.1) is 0 Å². The Morgan fingerprint density at radius 3 is 3.14 bits per heavy atom. The Kier molecular flexibility index (Phi) is 5.32. The molecule has 1 amide bonds. The summed E-state index contributed by atoms with van der Waals surface area (Å²) in [6.07, 6.45) is 1.83. The Bertz CT molecular complexity index is 169. The molecule has 5 heteroatoms. The largest absolute Gasteiger partial charge is 0.448 e. The van der Waals surface area contributed by atoms with E-state index >= 15 is 0 Å². The highest BCUT2D eigenvalue weighted by atomic mass is 16.5. The molecule has 1 unspecified atom stereocenters. The van der Waals surface area contributed by atoms with Crippen molar-refractivity contribution in [3.05, 3.63) is 0 Å². The van der Waals surface area contributed by atoms with Crippen molar-refractivity contribution in [2.24, 2.45) is 11.7 Å². The summed E-state index contributed by atoms with van der Waals surface area (Å²) in [5.41, 5.74) is 4.82. The molecule has 0 spiro atoms. The van der Waals surface area contributed by atoms with Gasteiger partial charge in [-0.3, -0.25) is 0 Å². The number of ether oxygens (including phenoxy) is 1. The molecule has 1 aliphatic rings. The molecule has 5 nitrogen and oxygen atoms in total. The van der Waals surface area contributed by atoms with Crippen molar-refractivity contribution in [1.29, 1.82) is 0 Å². The van der Waals surface area contributed by atoms with E-state index in [0.717, 1.165) is 19.6 Å². The number of piperidine rings is 1. The number of rotatable bonds is 5. The van der Waals surface area contributed by atoms with Crippen LogP contribution in [-0.4, -0.2) is 38.9 Å². The van der Waals surface area contributed by atoms with Crippen LogP contribution in [0.3, 0.4) is 0 Å². The first-order valence-electron chi connectivity index (χ1n) is 5.12. The first-order chi connectivity index (χ1) is 6.79. The van der Waals surface area contributed by atoms with E-state index in [1.807, 2.05) is 0 Å². The molecule has 4 N–H and O–H groups in total. The molecule has 0 aromatic carbocycles. The maximum absolute atomic E-state index is 10.2. The monoisotopic (exact) mass is 201 g/mol. The fraction of sp³-hybridized carbons (Fsp3) is 0.889. The molecule has 0 aliphatic carbocycles. The van der Waals surface area contributed by atoms with E-state index in [9.17, 15) is 4.79 Å². The maximum atomic E-state index is 10.2. The average Bonchev–Trinajstić information content (AvgIpc) is 2.18. The number of nitrogens with two attached hydrogens (primary N) is 1. The molecule has 82 valence electrons. The van der Waals surface area contributed by atoms with Crippen molar-refractivity contribution in [2.75, 3.05) is 32.8 Å². The molecule has 0 aromatic heterocycles. The third-order valence-corrected chi connectivity index (χ3v) is 2.36. The fourth-order valence-electron chi connectivity index (χ4n) is 1.63. The number of nitrogens with one attached hydrogen (secondary N) is 2. The van der Waals surface area contributed by atoms with Crippen LogP contribution in [0.25, 0.3) is 0 Å². The number of carbonyl (C=O) groups is 1. The summed E-state index contributed by atoms with van der Waals surface area (Å²) in [7, 11) is 0. The van der Waals surface area contributed by atoms with E-state index in [-0.39, 0.29) is 0 Å². The van der Waals surface area contributed by atoms with Crippen LogP contribution in [0, 0.1) is 5.92 Å². The second-order valence-electron chi connectivity index (χ2n) is 3.58. The van der Waals surface area contributed by atoms with E-state index in [0.29, 0.717) is 19.1 Å². The quantitative estimate of drug-likeness (QED) is 0.532. The topological polar surface area (TPSA) is 76.4 Å². The molecular formula is C9H19N3O2. The van der Waals surface area contributed by atoms with Gasteiger partial charge in [-0.2, -0.15) is 0 Å². The second kappa shape index (κ2) is 6.62. The second-order valence-corrected chi connectivity index (χ2v) is 3.58. The summed E-state index contributed by atoms with van der Waals surface area (Å²) < 4.78 is 4.59. The highest BCUT2D eigenvalue weighted by Gasteiger charge is 2.11. The minimum Gasteiger partial charge on any atom is -0.448 e. The summed E-state index contributed by atoms with van der Waals surface area (Å²) in [5.74, 6) is 0.706. The molecule has 1 aliphatic heterocycles. The lowest BCUT2D eigenvalue weighted by molar-refractivity contribution is 0.156. The molecule has 1 rings (SSSR count). The SMILES string of the molecule is NC(=O)OCCNCC1CCCNC1. The lowest BCUT2D eigenvalue weighted by Crippen LogP contribution is -2.37. The molecule has 0 aromatic rings. The number of primary amides is 1. The Balaban J connectivity index is 1.90. The van der Waals surface area contributed by atoms with E-state index in [1.165, 1.54) is 12.8 Å². The number of amides is 1. The molecule has 1 heterocycles. The van der Waals surface area contributed by atoms with Gasteiger partial charge >= 0.3 is 6.09 Å². The van der Waals surface area contributed by atoms with Crippen LogP contribution < -0.4 is 16.4 Å². The van der Waals surface area contributed by atoms with E-state index in [4.69, 9.17) is 5.73 Å². The van der Waals surface area contributed by atoms with Gasteiger partial charge in [0, 0.05) is 6.54 Å². The van der Waals surface area contributed by atoms with Gasteiger partial charge in [-0.15, -0.1) is 0 Å². The summed E-state index contributed by atoms with van der Waals surface area (Å²) in [4.78, 5) is 10.2. The van der Waals surface area contributed by atoms with E-state index < -0.39 is 6.09 Å². The van der Waals surface area contributed by atoms with Gasteiger partial charge in [0.2, 0.25) is 0 Å². The normalized spacial score (nSPS) is 21.9. The summed E-state index contributed by atoms with van der Waals surface area (Å²) >= 11 is 0. The Morgan fingerprint density at radius 1 is 1.64 bits per heavy atom. The third-order valence-electron chi connectivity index (χ3n) is 2.36. The van der Waals surface area contributed by atoms with Gasteiger partial charge < -0.3 is 21.1 Å². The van der Waals surface area contributed by atoms with E-state index in [1.54, 1.807) is 0 Å². The zero-order valence-corrected chi connectivity index (χ0v) is 8.42. The van der Waals surface area contributed by atoms with Crippen LogP contribution in [0.4, 0.5) is 4.79 Å². The van der Waals surface area contributed by atoms with Gasteiger partial charge in [-0.05, 0) is 38.4 Å². The molecule has 1 atom stereocenters. The zero-order chi connectivity index (χ0) is 10.2. The van der Waals surface area contributed by atoms with Crippen LogP contribution in [0.2, 0.25) is 0 Å². The highest BCUT2D eigenvalue weighted by molar-refractivity contribution is 5.64. The van der Waals surface area contributed by atoms with Crippen LogP contribution in [0.15, 0.2) is 0 Å². The minimum absolute atomic E-state index is 0.357. The van der Waals surface area contributed by atoms with Gasteiger partial charge in [0.25, 0.3) is 0 Å². The predicted octanol–water partition coefficient (Wildman–Crippen LogP) is -0.329. The molecule has 1 fully saturated rings. The van der Waals surface area contributed by atoms with Gasteiger partial charge in [-0.25, -0.2) is 4.79 Å². The molecular weight excluding hydrogens is 182 g/mol. The van der Waals surface area contributed by atoms with Crippen molar-refractivity contribution in [2.45, 2.75) is 12.8 Å². The number of hydrogen-bond donors (Lipinski definition) is 3. The van der Waals surface area contributed by atoms with Crippen molar-refractivity contribution in [1.82, 2.24) is 10.6 Å². The van der Waals surface area contributed by atoms with E-state index in [2.05, 4.69) is 15.4 Å². The van der Waals surface area contributed by atoms with Gasteiger partial charge in [-0.1, -0.05) is 0 Å². The predicted molar refractivity (Wildman–Crippen MR) is 54.0 cm³/mol. The Morgan fingerprint density at radius 2 is 2.50 bits per heavy atom. The molecule has 14 heavy (non-hydrogen) atoms. The summed E-state index contributed by atoms with van der Waals surface area (Å²) in [6.45, 7) is 4.25. The first-order valence-corrected chi connectivity index (χ1v) is 5.12. The smallest absolute Gasteiger partial charge is 0.404 e. The molecule has 0 saturated carbocycles. The lowest BCUT2D eigenvalue weighted by Gasteiger charge is -2.22. The standard InChI is InChI=1S/C9H19N3O2/c10-9(13)14-5-4-12-7-8-2-1-3-11-6-8/h8,11-12H,1-7H2,(H2,10,13). The van der Waals surface area contributed by atoms with Crippen LogP contribution in [-0.2, 0) is 4.74 Å². The summed E-state index contributed by atoms with van der Waals surface area (Å²) in [5, 5.41) is 6.59. The molecule has 0 radical (unpaired) electrons. The van der Waals surface area contributed by atoms with Gasteiger partial charge in [0.1, 0.15) is 6.61 Å². The third kappa shape index (κ3) is 5.04. The minimum atomic E-state index is -0.703. The number of hydrogen-bond acceptors (Lipinski definition) is 4. The first kappa shape index (κ1) is 11.3.